The van der Waals surface area contributed by atoms with Gasteiger partial charge in [-0.05, 0) is 61.0 Å². The molecule has 2 N–H and O–H groups in total. The maximum absolute atomic E-state index is 12.7. The van der Waals surface area contributed by atoms with E-state index in [-0.39, 0.29) is 5.91 Å². The fraction of sp³-hybridized carbons (Fsp3) is 0.182. The smallest absolute Gasteiger partial charge is 0.301 e. The number of carbonyl (C=O) groups excluding carboxylic acids is 1. The third-order valence-electron chi connectivity index (χ3n) is 5.00. The Balaban J connectivity index is 1.51. The van der Waals surface area contributed by atoms with E-state index in [0.717, 1.165) is 0 Å². The summed E-state index contributed by atoms with van der Waals surface area (Å²) in [6, 6.07) is 15.1. The Morgan fingerprint density at radius 1 is 1.16 bits per heavy atom. The first-order chi connectivity index (χ1) is 15.4. The molecule has 10 heteroatoms. The van der Waals surface area contributed by atoms with E-state index in [4.69, 9.17) is 16.3 Å². The molecular weight excluding hydrogens is 452 g/mol. The molecule has 32 heavy (non-hydrogen) atoms. The van der Waals surface area contributed by atoms with E-state index in [1.54, 1.807) is 67.9 Å². The van der Waals surface area contributed by atoms with Gasteiger partial charge < -0.3 is 10.1 Å². The normalized spacial score (nSPS) is 15.2. The van der Waals surface area contributed by atoms with Crippen LogP contribution in [0.25, 0.3) is 11.3 Å². The number of anilines is 2. The molecule has 1 aromatic heterocycles. The van der Waals surface area contributed by atoms with Crippen molar-refractivity contribution in [3.05, 3.63) is 71.4 Å². The van der Waals surface area contributed by atoms with Crippen molar-refractivity contribution in [3.63, 3.8) is 0 Å². The standard InChI is InChI=1S/C22H21ClN4O4S/c1-31-18-8-10-21(24-14-18)19-13-16(5-9-20(19)23)26-22(28)15-3-6-17(7-4-15)27-12-2-11-25-32(27,29)30/h3-10,13-14,25H,2,11-12H2,1H3,(H,26,28). The number of amides is 1. The first-order valence-corrected chi connectivity index (χ1v) is 11.7. The van der Waals surface area contributed by atoms with Gasteiger partial charge in [-0.15, -0.1) is 0 Å². The van der Waals surface area contributed by atoms with Crippen LogP contribution in [0, 0.1) is 0 Å². The predicted octanol–water partition coefficient (Wildman–Crippen LogP) is 3.71. The molecule has 166 valence electrons. The minimum absolute atomic E-state index is 0.327. The number of nitrogens with zero attached hydrogens (tertiary/aromatic N) is 2. The van der Waals surface area contributed by atoms with E-state index in [0.29, 0.717) is 58.5 Å². The van der Waals surface area contributed by atoms with Crippen molar-refractivity contribution in [1.29, 1.82) is 0 Å². The third kappa shape index (κ3) is 4.69. The Hall–Kier alpha value is -3.14. The molecule has 0 spiro atoms. The number of methoxy groups -OCH3 is 1. The number of pyridine rings is 1. The van der Waals surface area contributed by atoms with Crippen molar-refractivity contribution >= 4 is 39.1 Å². The Bertz CT molecular complexity index is 1230. The zero-order chi connectivity index (χ0) is 22.7. The molecule has 4 rings (SSSR count). The van der Waals surface area contributed by atoms with Gasteiger partial charge in [-0.1, -0.05) is 11.6 Å². The number of nitrogens with one attached hydrogen (secondary N) is 2. The lowest BCUT2D eigenvalue weighted by atomic mass is 10.1. The predicted molar refractivity (Wildman–Crippen MR) is 125 cm³/mol. The van der Waals surface area contributed by atoms with Gasteiger partial charge >= 0.3 is 10.2 Å². The molecule has 3 aromatic rings. The van der Waals surface area contributed by atoms with Crippen LogP contribution in [0.2, 0.25) is 5.02 Å². The second-order valence-corrected chi connectivity index (χ2v) is 9.19. The highest BCUT2D eigenvalue weighted by Crippen LogP contribution is 2.30. The molecule has 0 bridgehead atoms. The summed E-state index contributed by atoms with van der Waals surface area (Å²) < 4.78 is 33.3. The number of aromatic nitrogens is 1. The van der Waals surface area contributed by atoms with E-state index < -0.39 is 10.2 Å². The van der Waals surface area contributed by atoms with Crippen LogP contribution < -0.4 is 19.1 Å². The van der Waals surface area contributed by atoms with Crippen LogP contribution in [0.15, 0.2) is 60.8 Å². The zero-order valence-corrected chi connectivity index (χ0v) is 18.8. The highest BCUT2D eigenvalue weighted by Gasteiger charge is 2.25. The molecule has 0 aliphatic carbocycles. The molecule has 0 saturated carbocycles. The van der Waals surface area contributed by atoms with E-state index in [1.165, 1.54) is 4.31 Å². The summed E-state index contributed by atoms with van der Waals surface area (Å²) in [6.07, 6.45) is 2.31. The summed E-state index contributed by atoms with van der Waals surface area (Å²) in [4.78, 5) is 17.1. The highest BCUT2D eigenvalue weighted by molar-refractivity contribution is 7.90. The number of benzene rings is 2. The second kappa shape index (κ2) is 9.15. The molecule has 1 amide bonds. The first kappa shape index (κ1) is 22.1. The molecule has 2 heterocycles. The van der Waals surface area contributed by atoms with Crippen LogP contribution >= 0.6 is 11.6 Å². The van der Waals surface area contributed by atoms with E-state index in [1.807, 2.05) is 0 Å². The minimum Gasteiger partial charge on any atom is -0.495 e. The van der Waals surface area contributed by atoms with Gasteiger partial charge in [0, 0.05) is 29.9 Å². The number of hydrogen-bond donors (Lipinski definition) is 2. The lowest BCUT2D eigenvalue weighted by molar-refractivity contribution is 0.102. The minimum atomic E-state index is -3.54. The monoisotopic (exact) mass is 472 g/mol. The summed E-state index contributed by atoms with van der Waals surface area (Å²) in [6.45, 7) is 0.822. The van der Waals surface area contributed by atoms with Crippen molar-refractivity contribution in [2.45, 2.75) is 6.42 Å². The Morgan fingerprint density at radius 3 is 2.59 bits per heavy atom. The molecule has 0 unspecified atom stereocenters. The van der Waals surface area contributed by atoms with Crippen LogP contribution in [0.4, 0.5) is 11.4 Å². The van der Waals surface area contributed by atoms with Crippen LogP contribution in [-0.2, 0) is 10.2 Å². The van der Waals surface area contributed by atoms with Crippen molar-refractivity contribution in [3.8, 4) is 17.0 Å². The van der Waals surface area contributed by atoms with E-state index >= 15 is 0 Å². The van der Waals surface area contributed by atoms with Gasteiger partial charge in [-0.3, -0.25) is 14.1 Å². The molecule has 1 aliphatic heterocycles. The quantitative estimate of drug-likeness (QED) is 0.589. The van der Waals surface area contributed by atoms with Gasteiger partial charge in [-0.2, -0.15) is 13.1 Å². The lowest BCUT2D eigenvalue weighted by Crippen LogP contribution is -2.47. The summed E-state index contributed by atoms with van der Waals surface area (Å²) >= 11 is 6.33. The van der Waals surface area contributed by atoms with Crippen LogP contribution in [-0.4, -0.2) is 39.5 Å². The summed E-state index contributed by atoms with van der Waals surface area (Å²) in [5.41, 5.74) is 2.78. The fourth-order valence-electron chi connectivity index (χ4n) is 3.33. The maximum atomic E-state index is 12.7. The molecule has 0 radical (unpaired) electrons. The Morgan fingerprint density at radius 2 is 1.94 bits per heavy atom. The fourth-order valence-corrected chi connectivity index (χ4v) is 4.87. The molecular formula is C22H21ClN4O4S. The molecule has 1 fully saturated rings. The van der Waals surface area contributed by atoms with Crippen molar-refractivity contribution in [2.75, 3.05) is 29.8 Å². The van der Waals surface area contributed by atoms with Gasteiger partial charge in [0.15, 0.2) is 0 Å². The highest BCUT2D eigenvalue weighted by atomic mass is 35.5. The number of rotatable bonds is 5. The Kier molecular flexibility index (Phi) is 6.31. The van der Waals surface area contributed by atoms with Crippen LogP contribution in [0.5, 0.6) is 5.75 Å². The van der Waals surface area contributed by atoms with Gasteiger partial charge in [0.1, 0.15) is 5.75 Å². The van der Waals surface area contributed by atoms with Crippen LogP contribution in [0.1, 0.15) is 16.8 Å². The molecule has 1 aliphatic rings. The molecule has 2 aromatic carbocycles. The molecule has 8 nitrogen and oxygen atoms in total. The topological polar surface area (TPSA) is 101 Å². The lowest BCUT2D eigenvalue weighted by Gasteiger charge is -2.28. The zero-order valence-electron chi connectivity index (χ0n) is 17.2. The number of ether oxygens (including phenoxy) is 1. The van der Waals surface area contributed by atoms with Crippen molar-refractivity contribution in [1.82, 2.24) is 9.71 Å². The van der Waals surface area contributed by atoms with Gasteiger partial charge in [0.2, 0.25) is 0 Å². The molecule has 0 atom stereocenters. The van der Waals surface area contributed by atoms with Crippen molar-refractivity contribution < 1.29 is 17.9 Å². The third-order valence-corrected chi connectivity index (χ3v) is 6.87. The average molecular weight is 473 g/mol. The van der Waals surface area contributed by atoms with Crippen molar-refractivity contribution in [2.24, 2.45) is 0 Å². The van der Waals surface area contributed by atoms with Crippen LogP contribution in [0.3, 0.4) is 0 Å². The number of halogens is 1. The number of carbonyl (C=O) groups is 1. The largest absolute Gasteiger partial charge is 0.495 e. The van der Waals surface area contributed by atoms with Gasteiger partial charge in [0.25, 0.3) is 5.91 Å². The maximum Gasteiger partial charge on any atom is 0.301 e. The second-order valence-electron chi connectivity index (χ2n) is 7.10. The van der Waals surface area contributed by atoms with E-state index in [2.05, 4.69) is 15.0 Å². The molecule has 1 saturated heterocycles. The Labute approximate surface area is 191 Å². The van der Waals surface area contributed by atoms with Gasteiger partial charge in [-0.25, -0.2) is 0 Å². The summed E-state index contributed by atoms with van der Waals surface area (Å²) in [5, 5.41) is 3.34. The first-order valence-electron chi connectivity index (χ1n) is 9.86. The van der Waals surface area contributed by atoms with Gasteiger partial charge in [0.05, 0.1) is 29.7 Å². The summed E-state index contributed by atoms with van der Waals surface area (Å²) in [7, 11) is -1.98. The summed E-state index contributed by atoms with van der Waals surface area (Å²) in [5.74, 6) is 0.304. The number of hydrogen-bond acceptors (Lipinski definition) is 5. The van der Waals surface area contributed by atoms with E-state index in [9.17, 15) is 13.2 Å². The average Bonchev–Trinajstić information content (AvgIpc) is 2.80. The SMILES string of the molecule is COc1ccc(-c2cc(NC(=O)c3ccc(N4CCCNS4(=O)=O)cc3)ccc2Cl)nc1.